The van der Waals surface area contributed by atoms with Crippen molar-refractivity contribution < 1.29 is 0 Å². The highest BCUT2D eigenvalue weighted by atomic mass is 15.3. The molecule has 0 aliphatic rings. The molecule has 2 rings (SSSR count). The van der Waals surface area contributed by atoms with Gasteiger partial charge in [-0.2, -0.15) is 10.2 Å². The van der Waals surface area contributed by atoms with Crippen molar-refractivity contribution in [2.45, 2.75) is 19.4 Å². The van der Waals surface area contributed by atoms with Gasteiger partial charge < -0.3 is 5.73 Å². The number of nitrogens with zero attached hydrogens (tertiary/aromatic N) is 4. The van der Waals surface area contributed by atoms with E-state index in [0.717, 1.165) is 23.2 Å². The summed E-state index contributed by atoms with van der Waals surface area (Å²) in [5.41, 5.74) is 9.41. The predicted molar refractivity (Wildman–Crippen MR) is 61.8 cm³/mol. The van der Waals surface area contributed by atoms with Crippen LogP contribution in [0.15, 0.2) is 18.6 Å². The van der Waals surface area contributed by atoms with Gasteiger partial charge in [0.1, 0.15) is 0 Å². The minimum Gasteiger partial charge on any atom is -0.324 e. The monoisotopic (exact) mass is 219 g/mol. The molecule has 5 nitrogen and oxygen atoms in total. The maximum Gasteiger partial charge on any atom is 0.0641 e. The SMILES string of the molecule is Cc1nn(C)cc1C(N)Cc1cnn(C)c1. The molecule has 1 atom stereocenters. The van der Waals surface area contributed by atoms with Crippen LogP contribution in [-0.4, -0.2) is 19.6 Å². The zero-order chi connectivity index (χ0) is 11.7. The van der Waals surface area contributed by atoms with Gasteiger partial charge in [-0.05, 0) is 18.9 Å². The van der Waals surface area contributed by atoms with Gasteiger partial charge in [-0.3, -0.25) is 9.36 Å². The van der Waals surface area contributed by atoms with Crippen LogP contribution < -0.4 is 5.73 Å². The van der Waals surface area contributed by atoms with Crippen molar-refractivity contribution in [2.75, 3.05) is 0 Å². The van der Waals surface area contributed by atoms with Gasteiger partial charge in [0, 0.05) is 38.1 Å². The van der Waals surface area contributed by atoms with E-state index < -0.39 is 0 Å². The van der Waals surface area contributed by atoms with E-state index in [2.05, 4.69) is 10.2 Å². The summed E-state index contributed by atoms with van der Waals surface area (Å²) in [6, 6.07) is -0.0158. The van der Waals surface area contributed by atoms with Crippen LogP contribution in [0.4, 0.5) is 0 Å². The van der Waals surface area contributed by atoms with Crippen LogP contribution in [0.25, 0.3) is 0 Å². The van der Waals surface area contributed by atoms with Gasteiger partial charge in [0.15, 0.2) is 0 Å². The molecule has 16 heavy (non-hydrogen) atoms. The lowest BCUT2D eigenvalue weighted by atomic mass is 10.0. The average molecular weight is 219 g/mol. The van der Waals surface area contributed by atoms with Gasteiger partial charge >= 0.3 is 0 Å². The number of hydrogen-bond donors (Lipinski definition) is 1. The summed E-state index contributed by atoms with van der Waals surface area (Å²) in [5, 5.41) is 8.43. The molecule has 0 aromatic carbocycles. The fraction of sp³-hybridized carbons (Fsp3) is 0.455. The van der Waals surface area contributed by atoms with E-state index in [0.29, 0.717) is 0 Å². The van der Waals surface area contributed by atoms with Crippen molar-refractivity contribution in [3.8, 4) is 0 Å². The van der Waals surface area contributed by atoms with Crippen LogP contribution in [0.3, 0.4) is 0 Å². The Morgan fingerprint density at radius 3 is 2.56 bits per heavy atom. The zero-order valence-electron chi connectivity index (χ0n) is 9.88. The lowest BCUT2D eigenvalue weighted by molar-refractivity contribution is 0.713. The molecule has 0 radical (unpaired) electrons. The van der Waals surface area contributed by atoms with E-state index in [1.807, 2.05) is 39.6 Å². The van der Waals surface area contributed by atoms with Crippen LogP contribution in [0, 0.1) is 6.92 Å². The van der Waals surface area contributed by atoms with Crippen molar-refractivity contribution in [1.82, 2.24) is 19.6 Å². The molecule has 2 aromatic rings. The first-order valence-corrected chi connectivity index (χ1v) is 5.29. The average Bonchev–Trinajstić information content (AvgIpc) is 2.73. The molecule has 0 bridgehead atoms. The van der Waals surface area contributed by atoms with Gasteiger partial charge in [-0.1, -0.05) is 0 Å². The summed E-state index contributed by atoms with van der Waals surface area (Å²) in [5.74, 6) is 0. The summed E-state index contributed by atoms with van der Waals surface area (Å²) in [4.78, 5) is 0. The van der Waals surface area contributed by atoms with Crippen LogP contribution in [0.2, 0.25) is 0 Å². The molecular weight excluding hydrogens is 202 g/mol. The summed E-state index contributed by atoms with van der Waals surface area (Å²) < 4.78 is 3.59. The molecule has 0 aliphatic heterocycles. The summed E-state index contributed by atoms with van der Waals surface area (Å²) in [6.45, 7) is 1.98. The topological polar surface area (TPSA) is 61.7 Å². The smallest absolute Gasteiger partial charge is 0.0641 e. The second-order valence-electron chi connectivity index (χ2n) is 4.18. The van der Waals surface area contributed by atoms with Gasteiger partial charge in [0.25, 0.3) is 0 Å². The maximum atomic E-state index is 6.16. The van der Waals surface area contributed by atoms with E-state index >= 15 is 0 Å². The Morgan fingerprint density at radius 2 is 2.06 bits per heavy atom. The minimum absolute atomic E-state index is 0.0158. The third kappa shape index (κ3) is 2.14. The third-order valence-corrected chi connectivity index (χ3v) is 2.66. The second-order valence-corrected chi connectivity index (χ2v) is 4.18. The minimum atomic E-state index is -0.0158. The van der Waals surface area contributed by atoms with Gasteiger partial charge in [0.05, 0.1) is 11.9 Å². The first-order valence-electron chi connectivity index (χ1n) is 5.29. The van der Waals surface area contributed by atoms with E-state index in [9.17, 15) is 0 Å². The Bertz CT molecular complexity index is 482. The fourth-order valence-corrected chi connectivity index (χ4v) is 1.92. The quantitative estimate of drug-likeness (QED) is 0.826. The Labute approximate surface area is 94.9 Å². The standard InChI is InChI=1S/C11H17N5/c1-8-10(7-16(3)14-8)11(12)4-9-5-13-15(2)6-9/h5-7,11H,4,12H2,1-3H3. The predicted octanol–water partition coefficient (Wildman–Crippen LogP) is 0.705. The molecule has 0 amide bonds. The Hall–Kier alpha value is -1.62. The van der Waals surface area contributed by atoms with E-state index in [1.54, 1.807) is 9.36 Å². The molecule has 0 spiro atoms. The molecule has 2 N–H and O–H groups in total. The largest absolute Gasteiger partial charge is 0.324 e. The lowest BCUT2D eigenvalue weighted by Crippen LogP contribution is -2.13. The molecule has 86 valence electrons. The molecular formula is C11H17N5. The molecule has 2 aromatic heterocycles. The number of aromatic nitrogens is 4. The first kappa shape index (κ1) is 10.9. The Morgan fingerprint density at radius 1 is 1.31 bits per heavy atom. The maximum absolute atomic E-state index is 6.16. The molecule has 0 aliphatic carbocycles. The highest BCUT2D eigenvalue weighted by Gasteiger charge is 2.13. The molecule has 2 heterocycles. The van der Waals surface area contributed by atoms with Crippen molar-refractivity contribution in [3.63, 3.8) is 0 Å². The first-order chi connectivity index (χ1) is 7.56. The van der Waals surface area contributed by atoms with Crippen molar-refractivity contribution >= 4 is 0 Å². The number of aryl methyl sites for hydroxylation is 3. The summed E-state index contributed by atoms with van der Waals surface area (Å²) in [6.07, 6.45) is 6.62. The lowest BCUT2D eigenvalue weighted by Gasteiger charge is -2.08. The van der Waals surface area contributed by atoms with Crippen molar-refractivity contribution in [3.05, 3.63) is 35.4 Å². The molecule has 5 heteroatoms. The van der Waals surface area contributed by atoms with Crippen molar-refractivity contribution in [2.24, 2.45) is 19.8 Å². The molecule has 0 saturated carbocycles. The summed E-state index contributed by atoms with van der Waals surface area (Å²) in [7, 11) is 3.82. The van der Waals surface area contributed by atoms with E-state index in [1.165, 1.54) is 0 Å². The number of hydrogen-bond acceptors (Lipinski definition) is 3. The van der Waals surface area contributed by atoms with Crippen molar-refractivity contribution in [1.29, 1.82) is 0 Å². The number of nitrogens with two attached hydrogens (primary N) is 1. The highest BCUT2D eigenvalue weighted by Crippen LogP contribution is 2.18. The molecule has 1 unspecified atom stereocenters. The molecule has 0 saturated heterocycles. The van der Waals surface area contributed by atoms with Crippen LogP contribution >= 0.6 is 0 Å². The van der Waals surface area contributed by atoms with Gasteiger partial charge in [-0.15, -0.1) is 0 Å². The van der Waals surface area contributed by atoms with E-state index in [4.69, 9.17) is 5.73 Å². The fourth-order valence-electron chi connectivity index (χ4n) is 1.92. The van der Waals surface area contributed by atoms with Crippen LogP contribution in [0.1, 0.15) is 22.9 Å². The van der Waals surface area contributed by atoms with E-state index in [-0.39, 0.29) is 6.04 Å². The highest BCUT2D eigenvalue weighted by molar-refractivity contribution is 5.22. The Balaban J connectivity index is 2.14. The second kappa shape index (κ2) is 4.09. The van der Waals surface area contributed by atoms with Gasteiger partial charge in [-0.25, -0.2) is 0 Å². The zero-order valence-corrected chi connectivity index (χ0v) is 9.88. The Kier molecular flexibility index (Phi) is 2.78. The van der Waals surface area contributed by atoms with Gasteiger partial charge in [0.2, 0.25) is 0 Å². The number of rotatable bonds is 3. The van der Waals surface area contributed by atoms with Crippen LogP contribution in [-0.2, 0) is 20.5 Å². The third-order valence-electron chi connectivity index (χ3n) is 2.66. The van der Waals surface area contributed by atoms with Crippen LogP contribution in [0.5, 0.6) is 0 Å². The molecule has 0 fully saturated rings. The normalized spacial score (nSPS) is 13.0. The summed E-state index contributed by atoms with van der Waals surface area (Å²) >= 11 is 0.